The summed E-state index contributed by atoms with van der Waals surface area (Å²) in [4.78, 5) is 12.6. The van der Waals surface area contributed by atoms with Crippen LogP contribution >= 0.6 is 0 Å². The maximum absolute atomic E-state index is 12.6. The number of ether oxygens (including phenoxy) is 2. The monoisotopic (exact) mass is 272 g/mol. The Morgan fingerprint density at radius 3 is 2.50 bits per heavy atom. The molecule has 2 fully saturated rings. The second-order valence-electron chi connectivity index (χ2n) is 5.65. The molecular formula is C17H20O3. The molecule has 20 heavy (non-hydrogen) atoms. The molecule has 0 bridgehead atoms. The molecule has 3 rings (SSSR count). The Hall–Kier alpha value is -1.61. The quantitative estimate of drug-likeness (QED) is 0.622. The van der Waals surface area contributed by atoms with Crippen molar-refractivity contribution < 1.29 is 14.3 Å². The van der Waals surface area contributed by atoms with E-state index < -0.39 is 11.4 Å². The van der Waals surface area contributed by atoms with Gasteiger partial charge in [-0.25, -0.2) is 4.79 Å². The van der Waals surface area contributed by atoms with Crippen LogP contribution in [0.5, 0.6) is 0 Å². The van der Waals surface area contributed by atoms with Crippen LogP contribution in [-0.4, -0.2) is 11.8 Å². The van der Waals surface area contributed by atoms with Crippen LogP contribution in [0.2, 0.25) is 0 Å². The summed E-state index contributed by atoms with van der Waals surface area (Å²) in [6.07, 6.45) is 7.05. The highest BCUT2D eigenvalue weighted by Gasteiger charge is 2.58. The van der Waals surface area contributed by atoms with Gasteiger partial charge in [-0.1, -0.05) is 42.8 Å². The minimum absolute atomic E-state index is 0.273. The van der Waals surface area contributed by atoms with Crippen molar-refractivity contribution in [1.82, 2.24) is 0 Å². The number of esters is 1. The molecule has 1 aromatic carbocycles. The molecule has 0 aromatic heterocycles. The Kier molecular flexibility index (Phi) is 3.38. The second-order valence-corrected chi connectivity index (χ2v) is 5.65. The number of hydrogen-bond donors (Lipinski definition) is 0. The maximum atomic E-state index is 12.6. The molecule has 0 radical (unpaired) electrons. The molecule has 1 saturated heterocycles. The van der Waals surface area contributed by atoms with Crippen molar-refractivity contribution in [1.29, 1.82) is 0 Å². The highest BCUT2D eigenvalue weighted by molar-refractivity contribution is 5.83. The lowest BCUT2D eigenvalue weighted by Crippen LogP contribution is -2.37. The van der Waals surface area contributed by atoms with Gasteiger partial charge in [0.1, 0.15) is 0 Å². The molecule has 106 valence electrons. The molecule has 0 amide bonds. The average Bonchev–Trinajstić information content (AvgIpc) is 2.74. The van der Waals surface area contributed by atoms with E-state index >= 15 is 0 Å². The van der Waals surface area contributed by atoms with E-state index in [0.29, 0.717) is 6.42 Å². The van der Waals surface area contributed by atoms with Crippen LogP contribution in [-0.2, 0) is 19.9 Å². The minimum Gasteiger partial charge on any atom is -0.431 e. The van der Waals surface area contributed by atoms with E-state index in [9.17, 15) is 4.79 Å². The number of benzene rings is 1. The molecular weight excluding hydrogens is 252 g/mol. The van der Waals surface area contributed by atoms with Gasteiger partial charge in [0.05, 0.1) is 0 Å². The number of rotatable bonds is 3. The van der Waals surface area contributed by atoms with Gasteiger partial charge in [-0.3, -0.25) is 0 Å². The van der Waals surface area contributed by atoms with Crippen molar-refractivity contribution >= 4 is 5.97 Å². The van der Waals surface area contributed by atoms with Gasteiger partial charge in [0, 0.05) is 19.3 Å². The van der Waals surface area contributed by atoms with E-state index in [0.717, 1.165) is 31.2 Å². The first-order chi connectivity index (χ1) is 9.71. The summed E-state index contributed by atoms with van der Waals surface area (Å²) in [7, 11) is 0. The van der Waals surface area contributed by atoms with Gasteiger partial charge in [0.15, 0.2) is 5.60 Å². The molecule has 0 N–H and O–H groups in total. The van der Waals surface area contributed by atoms with Gasteiger partial charge in [-0.05, 0) is 18.4 Å². The third kappa shape index (κ3) is 2.06. The van der Waals surface area contributed by atoms with Crippen molar-refractivity contribution in [2.24, 2.45) is 0 Å². The highest BCUT2D eigenvalue weighted by atomic mass is 16.8. The molecule has 1 saturated carbocycles. The number of carbonyl (C=O) groups is 1. The molecule has 1 aliphatic heterocycles. The molecule has 3 nitrogen and oxygen atoms in total. The zero-order valence-corrected chi connectivity index (χ0v) is 11.6. The Morgan fingerprint density at radius 2 is 1.85 bits per heavy atom. The van der Waals surface area contributed by atoms with Crippen molar-refractivity contribution in [3.8, 4) is 0 Å². The fourth-order valence-electron chi connectivity index (χ4n) is 3.26. The van der Waals surface area contributed by atoms with E-state index in [4.69, 9.17) is 9.47 Å². The third-order valence-corrected chi connectivity index (χ3v) is 4.26. The van der Waals surface area contributed by atoms with Gasteiger partial charge in [0.25, 0.3) is 0 Å². The van der Waals surface area contributed by atoms with Crippen LogP contribution in [0, 0.1) is 0 Å². The third-order valence-electron chi connectivity index (χ3n) is 4.26. The smallest absolute Gasteiger partial charge is 0.346 e. The van der Waals surface area contributed by atoms with Crippen LogP contribution in [0.3, 0.4) is 0 Å². The van der Waals surface area contributed by atoms with Crippen LogP contribution in [0.15, 0.2) is 43.0 Å². The predicted octanol–water partition coefficient (Wildman–Crippen LogP) is 3.69. The van der Waals surface area contributed by atoms with Gasteiger partial charge in [-0.2, -0.15) is 0 Å². The molecule has 1 aliphatic carbocycles. The van der Waals surface area contributed by atoms with Gasteiger partial charge in [-0.15, -0.1) is 6.58 Å². The van der Waals surface area contributed by atoms with Gasteiger partial charge >= 0.3 is 5.97 Å². The van der Waals surface area contributed by atoms with Crippen molar-refractivity contribution in [2.45, 2.75) is 49.9 Å². The average molecular weight is 272 g/mol. The van der Waals surface area contributed by atoms with Crippen LogP contribution in [0.25, 0.3) is 0 Å². The summed E-state index contributed by atoms with van der Waals surface area (Å²) in [5, 5.41) is 0. The lowest BCUT2D eigenvalue weighted by Gasteiger charge is -2.33. The zero-order valence-electron chi connectivity index (χ0n) is 11.6. The van der Waals surface area contributed by atoms with Crippen molar-refractivity contribution in [2.75, 3.05) is 0 Å². The number of hydrogen-bond acceptors (Lipinski definition) is 3. The highest BCUT2D eigenvalue weighted by Crippen LogP contribution is 2.48. The predicted molar refractivity (Wildman–Crippen MR) is 75.9 cm³/mol. The first kappa shape index (κ1) is 13.4. The van der Waals surface area contributed by atoms with Crippen LogP contribution in [0.4, 0.5) is 0 Å². The standard InChI is InChI=1S/C17H20O3/c1-2-11-17(14-9-5-3-6-10-14)15(18)19-16(20-17)12-7-4-8-13-16/h2-3,5-6,9-10H,1,4,7-8,11-13H2/t17-/m1/s1. The molecule has 2 aliphatic rings. The van der Waals surface area contributed by atoms with E-state index in [1.54, 1.807) is 6.08 Å². The number of carbonyl (C=O) groups excluding carboxylic acids is 1. The van der Waals surface area contributed by atoms with Crippen LogP contribution < -0.4 is 0 Å². The van der Waals surface area contributed by atoms with Gasteiger partial charge in [0.2, 0.25) is 5.79 Å². The summed E-state index contributed by atoms with van der Waals surface area (Å²) in [6.45, 7) is 3.77. The summed E-state index contributed by atoms with van der Waals surface area (Å²) < 4.78 is 12.0. The molecule has 3 heteroatoms. The fraction of sp³-hybridized carbons (Fsp3) is 0.471. The summed E-state index contributed by atoms with van der Waals surface area (Å²) in [5.74, 6) is -0.987. The van der Waals surface area contributed by atoms with Crippen molar-refractivity contribution in [3.63, 3.8) is 0 Å². The lowest BCUT2D eigenvalue weighted by molar-refractivity contribution is -0.207. The van der Waals surface area contributed by atoms with E-state index in [2.05, 4.69) is 6.58 Å². The minimum atomic E-state index is -1.01. The first-order valence-electron chi connectivity index (χ1n) is 7.31. The summed E-state index contributed by atoms with van der Waals surface area (Å²) in [5.41, 5.74) is -0.160. The van der Waals surface area contributed by atoms with E-state index in [1.807, 2.05) is 30.3 Å². The molecule has 0 unspecified atom stereocenters. The Morgan fingerprint density at radius 1 is 1.15 bits per heavy atom. The molecule has 1 spiro atoms. The largest absolute Gasteiger partial charge is 0.431 e. The lowest BCUT2D eigenvalue weighted by atomic mass is 9.90. The molecule has 1 heterocycles. The Labute approximate surface area is 119 Å². The Bertz CT molecular complexity index is 502. The van der Waals surface area contributed by atoms with Crippen molar-refractivity contribution in [3.05, 3.63) is 48.6 Å². The zero-order chi connectivity index (χ0) is 14.1. The SMILES string of the molecule is C=CC[C@]1(c2ccccc2)OC2(CCCCC2)OC1=O. The topological polar surface area (TPSA) is 35.5 Å². The summed E-state index contributed by atoms with van der Waals surface area (Å²) >= 11 is 0. The summed E-state index contributed by atoms with van der Waals surface area (Å²) in [6, 6.07) is 9.62. The Balaban J connectivity index is 1.99. The fourth-order valence-corrected chi connectivity index (χ4v) is 3.26. The maximum Gasteiger partial charge on any atom is 0.346 e. The molecule has 1 atom stereocenters. The normalized spacial score (nSPS) is 28.3. The second kappa shape index (κ2) is 5.06. The van der Waals surface area contributed by atoms with E-state index in [-0.39, 0.29) is 5.97 Å². The van der Waals surface area contributed by atoms with Crippen LogP contribution in [0.1, 0.15) is 44.1 Å². The molecule has 1 aromatic rings. The van der Waals surface area contributed by atoms with Gasteiger partial charge < -0.3 is 9.47 Å². The van der Waals surface area contributed by atoms with E-state index in [1.165, 1.54) is 6.42 Å². The first-order valence-corrected chi connectivity index (χ1v) is 7.31.